The van der Waals surface area contributed by atoms with E-state index in [1.54, 1.807) is 0 Å². The number of amides is 1. The number of piperazine rings is 1. The maximum absolute atomic E-state index is 12.6. The van der Waals surface area contributed by atoms with Crippen LogP contribution in [0.5, 0.6) is 0 Å². The van der Waals surface area contributed by atoms with Crippen molar-refractivity contribution in [3.63, 3.8) is 0 Å². The van der Waals surface area contributed by atoms with Crippen LogP contribution in [0.4, 0.5) is 11.8 Å². The molecule has 2 aromatic rings. The highest BCUT2D eigenvalue weighted by Crippen LogP contribution is 2.19. The van der Waals surface area contributed by atoms with Crippen molar-refractivity contribution in [2.75, 3.05) is 50.1 Å². The third-order valence-electron chi connectivity index (χ3n) is 4.19. The molecular formula is C18H22BrN5O. The molecule has 0 saturated carbocycles. The smallest absolute Gasteiger partial charge is 0.254 e. The normalized spacial score (nSPS) is 14.6. The summed E-state index contributed by atoms with van der Waals surface area (Å²) in [6.45, 7) is 4.88. The van der Waals surface area contributed by atoms with E-state index in [0.717, 1.165) is 34.6 Å². The second-order valence-electron chi connectivity index (χ2n) is 6.35. The first kappa shape index (κ1) is 17.7. The molecule has 1 saturated heterocycles. The van der Waals surface area contributed by atoms with Crippen LogP contribution in [0, 0.1) is 6.92 Å². The number of aryl methyl sites for hydroxylation is 1. The van der Waals surface area contributed by atoms with Gasteiger partial charge in [-0.15, -0.1) is 0 Å². The van der Waals surface area contributed by atoms with Gasteiger partial charge in [-0.3, -0.25) is 4.79 Å². The Bertz CT molecular complexity index is 772. The van der Waals surface area contributed by atoms with E-state index >= 15 is 0 Å². The van der Waals surface area contributed by atoms with E-state index in [-0.39, 0.29) is 5.91 Å². The number of hydrogen-bond donors (Lipinski definition) is 0. The number of halogens is 1. The largest absolute Gasteiger partial charge is 0.353 e. The van der Waals surface area contributed by atoms with Crippen LogP contribution in [-0.4, -0.2) is 61.0 Å². The van der Waals surface area contributed by atoms with Gasteiger partial charge < -0.3 is 14.7 Å². The second kappa shape index (κ2) is 7.39. The van der Waals surface area contributed by atoms with E-state index in [0.29, 0.717) is 19.0 Å². The molecule has 6 nitrogen and oxygen atoms in total. The lowest BCUT2D eigenvalue weighted by atomic mass is 10.2. The van der Waals surface area contributed by atoms with Crippen molar-refractivity contribution in [2.45, 2.75) is 6.92 Å². The summed E-state index contributed by atoms with van der Waals surface area (Å²) in [5, 5.41) is 0. The molecule has 1 aromatic carbocycles. The van der Waals surface area contributed by atoms with Crippen LogP contribution in [-0.2, 0) is 0 Å². The fraction of sp³-hybridized carbons (Fsp3) is 0.389. The Morgan fingerprint density at radius 1 is 1.12 bits per heavy atom. The van der Waals surface area contributed by atoms with E-state index in [9.17, 15) is 4.79 Å². The standard InChI is InChI=1S/C18H22BrN5O/c1-13-11-16(21-18(20-13)22(2)3)23-7-9-24(10-8-23)17(25)14-5-4-6-15(19)12-14/h4-6,11-12H,7-10H2,1-3H3. The summed E-state index contributed by atoms with van der Waals surface area (Å²) < 4.78 is 0.921. The SMILES string of the molecule is Cc1cc(N2CCN(C(=O)c3cccc(Br)c3)CC2)nc(N(C)C)n1. The molecule has 0 bridgehead atoms. The van der Waals surface area contributed by atoms with Crippen molar-refractivity contribution in [1.82, 2.24) is 14.9 Å². The van der Waals surface area contributed by atoms with Gasteiger partial charge in [-0.25, -0.2) is 4.98 Å². The van der Waals surface area contributed by atoms with E-state index in [4.69, 9.17) is 0 Å². The fourth-order valence-electron chi connectivity index (χ4n) is 2.84. The van der Waals surface area contributed by atoms with E-state index in [1.807, 2.05) is 61.2 Å². The molecule has 0 atom stereocenters. The number of nitrogens with zero attached hydrogens (tertiary/aromatic N) is 5. The molecule has 0 aliphatic carbocycles. The third-order valence-corrected chi connectivity index (χ3v) is 4.68. The molecule has 2 heterocycles. The molecule has 0 spiro atoms. The summed E-state index contributed by atoms with van der Waals surface area (Å²) in [6, 6.07) is 9.54. The van der Waals surface area contributed by atoms with Crippen LogP contribution in [0.1, 0.15) is 16.1 Å². The van der Waals surface area contributed by atoms with Crippen molar-refractivity contribution in [2.24, 2.45) is 0 Å². The molecule has 0 N–H and O–H groups in total. The maximum atomic E-state index is 12.6. The molecule has 1 fully saturated rings. The van der Waals surface area contributed by atoms with E-state index < -0.39 is 0 Å². The molecule has 1 aliphatic heterocycles. The highest BCUT2D eigenvalue weighted by Gasteiger charge is 2.23. The number of aromatic nitrogens is 2. The summed E-state index contributed by atoms with van der Waals surface area (Å²) in [5.41, 5.74) is 1.66. The Hall–Kier alpha value is -2.15. The predicted molar refractivity (Wildman–Crippen MR) is 103 cm³/mol. The minimum absolute atomic E-state index is 0.0776. The minimum atomic E-state index is 0.0776. The van der Waals surface area contributed by atoms with Gasteiger partial charge in [0, 0.05) is 62.1 Å². The summed E-state index contributed by atoms with van der Waals surface area (Å²) in [6.07, 6.45) is 0. The zero-order valence-electron chi connectivity index (χ0n) is 14.7. The Morgan fingerprint density at radius 2 is 1.84 bits per heavy atom. The van der Waals surface area contributed by atoms with Crippen molar-refractivity contribution in [3.05, 3.63) is 46.1 Å². The lowest BCUT2D eigenvalue weighted by molar-refractivity contribution is 0.0746. The molecule has 7 heteroatoms. The predicted octanol–water partition coefficient (Wildman–Crippen LogP) is 2.58. The number of rotatable bonds is 3. The van der Waals surface area contributed by atoms with Gasteiger partial charge in [0.2, 0.25) is 5.95 Å². The Kier molecular flexibility index (Phi) is 5.22. The number of benzene rings is 1. The average Bonchev–Trinajstić information content (AvgIpc) is 2.60. The van der Waals surface area contributed by atoms with Crippen molar-refractivity contribution in [3.8, 4) is 0 Å². The number of carbonyl (C=O) groups is 1. The topological polar surface area (TPSA) is 52.6 Å². The molecule has 25 heavy (non-hydrogen) atoms. The lowest BCUT2D eigenvalue weighted by Gasteiger charge is -2.35. The minimum Gasteiger partial charge on any atom is -0.353 e. The number of anilines is 2. The van der Waals surface area contributed by atoms with Crippen molar-refractivity contribution >= 4 is 33.6 Å². The highest BCUT2D eigenvalue weighted by atomic mass is 79.9. The van der Waals surface area contributed by atoms with Gasteiger partial charge in [0.25, 0.3) is 5.91 Å². The van der Waals surface area contributed by atoms with Crippen molar-refractivity contribution in [1.29, 1.82) is 0 Å². The van der Waals surface area contributed by atoms with Gasteiger partial charge in [0.1, 0.15) is 5.82 Å². The Labute approximate surface area is 156 Å². The fourth-order valence-corrected chi connectivity index (χ4v) is 3.24. The first-order chi connectivity index (χ1) is 11.9. The summed E-state index contributed by atoms with van der Waals surface area (Å²) >= 11 is 3.42. The first-order valence-corrected chi connectivity index (χ1v) is 9.06. The molecule has 1 amide bonds. The third kappa shape index (κ3) is 4.10. The summed E-state index contributed by atoms with van der Waals surface area (Å²) in [4.78, 5) is 27.7. The second-order valence-corrected chi connectivity index (χ2v) is 7.27. The van der Waals surface area contributed by atoms with Gasteiger partial charge in [0.05, 0.1) is 0 Å². The molecule has 0 radical (unpaired) electrons. The molecule has 132 valence electrons. The number of hydrogen-bond acceptors (Lipinski definition) is 5. The van der Waals surface area contributed by atoms with Gasteiger partial charge in [0.15, 0.2) is 0 Å². The van der Waals surface area contributed by atoms with E-state index in [2.05, 4.69) is 30.8 Å². The lowest BCUT2D eigenvalue weighted by Crippen LogP contribution is -2.49. The van der Waals surface area contributed by atoms with Crippen LogP contribution >= 0.6 is 15.9 Å². The molecule has 1 aromatic heterocycles. The van der Waals surface area contributed by atoms with Crippen LogP contribution in [0.2, 0.25) is 0 Å². The monoisotopic (exact) mass is 403 g/mol. The first-order valence-electron chi connectivity index (χ1n) is 8.27. The van der Waals surface area contributed by atoms with Crippen molar-refractivity contribution < 1.29 is 4.79 Å². The zero-order valence-corrected chi connectivity index (χ0v) is 16.3. The molecule has 0 unspecified atom stereocenters. The molecule has 1 aliphatic rings. The van der Waals surface area contributed by atoms with Gasteiger partial charge >= 0.3 is 0 Å². The molecular weight excluding hydrogens is 382 g/mol. The quantitative estimate of drug-likeness (QED) is 0.787. The Morgan fingerprint density at radius 3 is 2.48 bits per heavy atom. The van der Waals surface area contributed by atoms with Gasteiger partial charge in [-0.1, -0.05) is 22.0 Å². The van der Waals surface area contributed by atoms with Crippen LogP contribution in [0.3, 0.4) is 0 Å². The summed E-state index contributed by atoms with van der Waals surface area (Å²) in [7, 11) is 3.88. The van der Waals surface area contributed by atoms with Crippen LogP contribution < -0.4 is 9.80 Å². The highest BCUT2D eigenvalue weighted by molar-refractivity contribution is 9.10. The maximum Gasteiger partial charge on any atom is 0.254 e. The number of carbonyl (C=O) groups excluding carboxylic acids is 1. The van der Waals surface area contributed by atoms with Crippen LogP contribution in [0.25, 0.3) is 0 Å². The Balaban J connectivity index is 1.69. The summed E-state index contributed by atoms with van der Waals surface area (Å²) in [5.74, 6) is 1.71. The van der Waals surface area contributed by atoms with Crippen LogP contribution in [0.15, 0.2) is 34.8 Å². The average molecular weight is 404 g/mol. The zero-order chi connectivity index (χ0) is 18.0. The van der Waals surface area contributed by atoms with E-state index in [1.165, 1.54) is 0 Å². The van der Waals surface area contributed by atoms with Gasteiger partial charge in [-0.2, -0.15) is 4.98 Å². The van der Waals surface area contributed by atoms with Gasteiger partial charge in [-0.05, 0) is 25.1 Å². The molecule has 3 rings (SSSR count).